The summed E-state index contributed by atoms with van der Waals surface area (Å²) in [5.74, 6) is 6.45. The number of morpholine rings is 1. The molecule has 1 saturated heterocycles. The lowest BCUT2D eigenvalue weighted by Gasteiger charge is -2.26. The molecule has 4 rings (SSSR count). The van der Waals surface area contributed by atoms with Crippen molar-refractivity contribution in [1.29, 1.82) is 0 Å². The quantitative estimate of drug-likeness (QED) is 0.626. The highest BCUT2D eigenvalue weighted by Crippen LogP contribution is 2.23. The first-order chi connectivity index (χ1) is 13.7. The van der Waals surface area contributed by atoms with Crippen LogP contribution in [0.15, 0.2) is 54.7 Å². The second-order valence-electron chi connectivity index (χ2n) is 6.72. The number of aryl methyl sites for hydroxylation is 1. The van der Waals surface area contributed by atoms with E-state index in [2.05, 4.69) is 22.5 Å². The number of hydrogen-bond acceptors (Lipinski definition) is 2. The lowest BCUT2D eigenvalue weighted by molar-refractivity contribution is 0.0304. The molecule has 1 aliphatic rings. The van der Waals surface area contributed by atoms with Crippen molar-refractivity contribution in [3.8, 4) is 11.8 Å². The number of amides is 1. The van der Waals surface area contributed by atoms with Gasteiger partial charge in [0, 0.05) is 53.7 Å². The molecule has 0 saturated carbocycles. The smallest absolute Gasteiger partial charge is 0.256 e. The summed E-state index contributed by atoms with van der Waals surface area (Å²) >= 11 is 5.90. The molecule has 1 aromatic heterocycles. The minimum atomic E-state index is 0.0745. The van der Waals surface area contributed by atoms with Gasteiger partial charge in [-0.3, -0.25) is 4.79 Å². The number of benzene rings is 2. The van der Waals surface area contributed by atoms with Crippen LogP contribution < -0.4 is 0 Å². The molecule has 1 fully saturated rings. The molecule has 2 aromatic carbocycles. The molecule has 4 nitrogen and oxygen atoms in total. The highest BCUT2D eigenvalue weighted by molar-refractivity contribution is 6.30. The summed E-state index contributed by atoms with van der Waals surface area (Å²) in [6.07, 6.45) is 2.67. The van der Waals surface area contributed by atoms with Crippen LogP contribution in [0.25, 0.3) is 10.9 Å². The van der Waals surface area contributed by atoms with Crippen molar-refractivity contribution >= 4 is 28.4 Å². The van der Waals surface area contributed by atoms with Gasteiger partial charge in [0.05, 0.1) is 18.8 Å². The van der Waals surface area contributed by atoms with Crippen LogP contribution in [0, 0.1) is 11.8 Å². The molecule has 0 unspecified atom stereocenters. The summed E-state index contributed by atoms with van der Waals surface area (Å²) in [6, 6.07) is 15.6. The highest BCUT2D eigenvalue weighted by atomic mass is 35.5. The third-order valence-electron chi connectivity index (χ3n) is 4.87. The van der Waals surface area contributed by atoms with Crippen molar-refractivity contribution in [1.82, 2.24) is 9.47 Å². The van der Waals surface area contributed by atoms with Gasteiger partial charge < -0.3 is 14.2 Å². The van der Waals surface area contributed by atoms with E-state index >= 15 is 0 Å². The Balaban J connectivity index is 1.53. The van der Waals surface area contributed by atoms with Crippen LogP contribution in [0.1, 0.15) is 22.3 Å². The van der Waals surface area contributed by atoms with Gasteiger partial charge in [-0.25, -0.2) is 0 Å². The number of carbonyl (C=O) groups is 1. The average molecular weight is 393 g/mol. The Morgan fingerprint density at radius 2 is 1.82 bits per heavy atom. The van der Waals surface area contributed by atoms with Crippen molar-refractivity contribution in [2.75, 3.05) is 26.3 Å². The van der Waals surface area contributed by atoms with E-state index in [0.29, 0.717) is 37.7 Å². The zero-order valence-corrected chi connectivity index (χ0v) is 16.3. The van der Waals surface area contributed by atoms with Crippen molar-refractivity contribution < 1.29 is 9.53 Å². The Bertz CT molecular complexity index is 1040. The standard InChI is InChI=1S/C23H21ClN2O2/c24-19-10-8-18(9-11-19)5-3-4-12-26-17-21(20-6-1-2-7-22(20)26)23(27)25-13-15-28-16-14-25/h1-2,6-11,17H,4,12-16H2. The van der Waals surface area contributed by atoms with Crippen molar-refractivity contribution in [2.45, 2.75) is 13.0 Å². The fraction of sp³-hybridized carbons (Fsp3) is 0.261. The van der Waals surface area contributed by atoms with E-state index in [4.69, 9.17) is 16.3 Å². The minimum absolute atomic E-state index is 0.0745. The molecule has 0 spiro atoms. The molecule has 28 heavy (non-hydrogen) atoms. The lowest BCUT2D eigenvalue weighted by Crippen LogP contribution is -2.40. The number of para-hydroxylation sites is 1. The van der Waals surface area contributed by atoms with Gasteiger partial charge in [0.25, 0.3) is 5.91 Å². The Morgan fingerprint density at radius 3 is 2.61 bits per heavy atom. The van der Waals surface area contributed by atoms with Crippen LogP contribution in [0.5, 0.6) is 0 Å². The number of rotatable bonds is 3. The Kier molecular flexibility index (Phi) is 5.66. The van der Waals surface area contributed by atoms with Gasteiger partial charge in [0.2, 0.25) is 0 Å². The molecule has 5 heteroatoms. The van der Waals surface area contributed by atoms with E-state index < -0.39 is 0 Å². The summed E-state index contributed by atoms with van der Waals surface area (Å²) in [4.78, 5) is 14.9. The predicted molar refractivity (Wildman–Crippen MR) is 112 cm³/mol. The summed E-state index contributed by atoms with van der Waals surface area (Å²) in [6.45, 7) is 3.22. The topological polar surface area (TPSA) is 34.5 Å². The maximum absolute atomic E-state index is 13.0. The molecule has 1 amide bonds. The van der Waals surface area contributed by atoms with E-state index in [1.165, 1.54) is 0 Å². The average Bonchev–Trinajstić information content (AvgIpc) is 3.11. The minimum Gasteiger partial charge on any atom is -0.378 e. The fourth-order valence-corrected chi connectivity index (χ4v) is 3.54. The van der Waals surface area contributed by atoms with Crippen LogP contribution in [0.2, 0.25) is 5.02 Å². The number of carbonyl (C=O) groups excluding carboxylic acids is 1. The van der Waals surface area contributed by atoms with Gasteiger partial charge in [-0.15, -0.1) is 0 Å². The molecule has 1 aliphatic heterocycles. The molecular weight excluding hydrogens is 372 g/mol. The summed E-state index contributed by atoms with van der Waals surface area (Å²) in [5.41, 5.74) is 2.76. The molecule has 0 aliphatic carbocycles. The fourth-order valence-electron chi connectivity index (χ4n) is 3.41. The molecule has 0 radical (unpaired) electrons. The molecule has 2 heterocycles. The van der Waals surface area contributed by atoms with Crippen LogP contribution in [-0.4, -0.2) is 41.7 Å². The monoisotopic (exact) mass is 392 g/mol. The summed E-state index contributed by atoms with van der Waals surface area (Å²) < 4.78 is 7.49. The number of hydrogen-bond donors (Lipinski definition) is 0. The third kappa shape index (κ3) is 4.06. The first kappa shape index (κ1) is 18.6. The highest BCUT2D eigenvalue weighted by Gasteiger charge is 2.22. The second kappa shape index (κ2) is 8.52. The first-order valence-electron chi connectivity index (χ1n) is 9.42. The molecule has 3 aromatic rings. The first-order valence-corrected chi connectivity index (χ1v) is 9.79. The zero-order valence-electron chi connectivity index (χ0n) is 15.5. The van der Waals surface area contributed by atoms with Gasteiger partial charge in [-0.2, -0.15) is 0 Å². The number of aromatic nitrogens is 1. The molecular formula is C23H21ClN2O2. The largest absolute Gasteiger partial charge is 0.378 e. The van der Waals surface area contributed by atoms with Gasteiger partial charge in [0.1, 0.15) is 0 Å². The van der Waals surface area contributed by atoms with E-state index in [0.717, 1.165) is 28.6 Å². The van der Waals surface area contributed by atoms with E-state index in [9.17, 15) is 4.79 Å². The summed E-state index contributed by atoms with van der Waals surface area (Å²) in [7, 11) is 0. The Morgan fingerprint density at radius 1 is 1.07 bits per heavy atom. The lowest BCUT2D eigenvalue weighted by atomic mass is 10.1. The van der Waals surface area contributed by atoms with Gasteiger partial charge >= 0.3 is 0 Å². The van der Waals surface area contributed by atoms with Crippen molar-refractivity contribution in [2.24, 2.45) is 0 Å². The predicted octanol–water partition coefficient (Wildman–Crippen LogP) is 4.21. The van der Waals surface area contributed by atoms with E-state index in [-0.39, 0.29) is 5.91 Å². The van der Waals surface area contributed by atoms with E-state index in [1.54, 1.807) is 0 Å². The number of ether oxygens (including phenoxy) is 1. The van der Waals surface area contributed by atoms with Crippen LogP contribution >= 0.6 is 11.6 Å². The maximum Gasteiger partial charge on any atom is 0.256 e. The number of halogens is 1. The Hall–Kier alpha value is -2.74. The van der Waals surface area contributed by atoms with E-state index in [1.807, 2.05) is 53.6 Å². The third-order valence-corrected chi connectivity index (χ3v) is 5.12. The number of nitrogens with zero attached hydrogens (tertiary/aromatic N) is 2. The van der Waals surface area contributed by atoms with Gasteiger partial charge in [-0.05, 0) is 30.3 Å². The molecule has 142 valence electrons. The van der Waals surface area contributed by atoms with Crippen molar-refractivity contribution in [3.05, 3.63) is 70.9 Å². The van der Waals surface area contributed by atoms with Crippen LogP contribution in [0.4, 0.5) is 0 Å². The zero-order chi connectivity index (χ0) is 19.3. The molecule has 0 N–H and O–H groups in total. The Labute approximate surface area is 169 Å². The number of fused-ring (bicyclic) bond motifs is 1. The van der Waals surface area contributed by atoms with Crippen LogP contribution in [-0.2, 0) is 11.3 Å². The van der Waals surface area contributed by atoms with Gasteiger partial charge in [0.15, 0.2) is 0 Å². The molecule has 0 atom stereocenters. The van der Waals surface area contributed by atoms with Crippen molar-refractivity contribution in [3.63, 3.8) is 0 Å². The normalized spacial score (nSPS) is 14.0. The SMILES string of the molecule is O=C(c1cn(CCC#Cc2ccc(Cl)cc2)c2ccccc12)N1CCOCC1. The van der Waals surface area contributed by atoms with Gasteiger partial charge in [-0.1, -0.05) is 41.6 Å². The van der Waals surface area contributed by atoms with Crippen LogP contribution in [0.3, 0.4) is 0 Å². The summed E-state index contributed by atoms with van der Waals surface area (Å²) in [5, 5.41) is 1.70. The maximum atomic E-state index is 13.0. The second-order valence-corrected chi connectivity index (χ2v) is 7.15. The molecule has 0 bridgehead atoms.